The summed E-state index contributed by atoms with van der Waals surface area (Å²) in [5.41, 5.74) is 0. The Morgan fingerprint density at radius 3 is 2.30 bits per heavy atom. The number of alkyl halides is 2. The van der Waals surface area contributed by atoms with Crippen molar-refractivity contribution >= 4 is 11.7 Å². The standard InChI is InChI=1S/C14H22F2N2O2/c1-10(19)12-7-14(15,16)9-18(8-12)13(20)11-3-5-17(2)6-4-11/h11-12H,3-9H2,1-2H3. The van der Waals surface area contributed by atoms with Gasteiger partial charge in [0.2, 0.25) is 5.91 Å². The molecule has 2 heterocycles. The maximum atomic E-state index is 13.7. The van der Waals surface area contributed by atoms with E-state index in [-0.39, 0.29) is 24.2 Å². The minimum atomic E-state index is -2.95. The molecule has 0 aromatic carbocycles. The molecule has 0 aliphatic carbocycles. The van der Waals surface area contributed by atoms with Crippen LogP contribution in [0.15, 0.2) is 0 Å². The Labute approximate surface area is 118 Å². The molecule has 0 bridgehead atoms. The van der Waals surface area contributed by atoms with Gasteiger partial charge < -0.3 is 9.80 Å². The van der Waals surface area contributed by atoms with Crippen LogP contribution in [0.2, 0.25) is 0 Å². The number of hydrogen-bond donors (Lipinski definition) is 0. The van der Waals surface area contributed by atoms with Crippen LogP contribution in [-0.2, 0) is 9.59 Å². The summed E-state index contributed by atoms with van der Waals surface area (Å²) in [5.74, 6) is -4.31. The van der Waals surface area contributed by atoms with Crippen molar-refractivity contribution < 1.29 is 18.4 Å². The molecular formula is C14H22F2N2O2. The average molecular weight is 288 g/mol. The molecule has 114 valence electrons. The van der Waals surface area contributed by atoms with Crippen molar-refractivity contribution in [1.82, 2.24) is 9.80 Å². The van der Waals surface area contributed by atoms with Crippen molar-refractivity contribution in [1.29, 1.82) is 0 Å². The number of likely N-dealkylation sites (tertiary alicyclic amines) is 2. The number of halogens is 2. The van der Waals surface area contributed by atoms with E-state index in [9.17, 15) is 18.4 Å². The first-order valence-corrected chi connectivity index (χ1v) is 7.14. The first kappa shape index (κ1) is 15.4. The van der Waals surface area contributed by atoms with Crippen LogP contribution in [0.3, 0.4) is 0 Å². The highest BCUT2D eigenvalue weighted by Crippen LogP contribution is 2.32. The van der Waals surface area contributed by atoms with Gasteiger partial charge in [0.05, 0.1) is 6.54 Å². The van der Waals surface area contributed by atoms with Crippen LogP contribution in [0, 0.1) is 11.8 Å². The minimum Gasteiger partial charge on any atom is -0.336 e. The van der Waals surface area contributed by atoms with Gasteiger partial charge in [0.25, 0.3) is 5.92 Å². The molecule has 2 aliphatic heterocycles. The Bertz CT molecular complexity index is 393. The quantitative estimate of drug-likeness (QED) is 0.771. The van der Waals surface area contributed by atoms with Gasteiger partial charge in [0.15, 0.2) is 0 Å². The molecule has 0 saturated carbocycles. The van der Waals surface area contributed by atoms with E-state index in [4.69, 9.17) is 0 Å². The second-order valence-corrected chi connectivity index (χ2v) is 6.16. The number of carbonyl (C=O) groups excluding carboxylic acids is 2. The average Bonchev–Trinajstić information content (AvgIpc) is 2.37. The molecule has 0 aromatic rings. The molecule has 0 aromatic heterocycles. The zero-order valence-corrected chi connectivity index (χ0v) is 12.1. The zero-order valence-electron chi connectivity index (χ0n) is 12.1. The summed E-state index contributed by atoms with van der Waals surface area (Å²) >= 11 is 0. The Morgan fingerprint density at radius 2 is 1.75 bits per heavy atom. The lowest BCUT2D eigenvalue weighted by Crippen LogP contribution is -2.53. The second kappa shape index (κ2) is 5.76. The van der Waals surface area contributed by atoms with Gasteiger partial charge in [0, 0.05) is 24.8 Å². The fraction of sp³-hybridized carbons (Fsp3) is 0.857. The van der Waals surface area contributed by atoms with Gasteiger partial charge >= 0.3 is 0 Å². The number of ketones is 1. The molecule has 0 radical (unpaired) electrons. The number of nitrogens with zero attached hydrogens (tertiary/aromatic N) is 2. The molecule has 2 fully saturated rings. The highest BCUT2D eigenvalue weighted by molar-refractivity contribution is 5.82. The molecule has 20 heavy (non-hydrogen) atoms. The molecule has 1 amide bonds. The third-order valence-electron chi connectivity index (χ3n) is 4.36. The number of hydrogen-bond acceptors (Lipinski definition) is 3. The van der Waals surface area contributed by atoms with Crippen molar-refractivity contribution in [3.05, 3.63) is 0 Å². The second-order valence-electron chi connectivity index (χ2n) is 6.16. The van der Waals surface area contributed by atoms with Gasteiger partial charge in [-0.3, -0.25) is 9.59 Å². The summed E-state index contributed by atoms with van der Waals surface area (Å²) in [7, 11) is 1.99. The highest BCUT2D eigenvalue weighted by atomic mass is 19.3. The van der Waals surface area contributed by atoms with Crippen molar-refractivity contribution in [2.75, 3.05) is 33.2 Å². The number of Topliss-reactive ketones (excluding diaryl/α,β-unsaturated/α-hetero) is 1. The van der Waals surface area contributed by atoms with E-state index in [1.807, 2.05) is 7.05 Å². The van der Waals surface area contributed by atoms with Crippen LogP contribution < -0.4 is 0 Å². The lowest BCUT2D eigenvalue weighted by molar-refractivity contribution is -0.154. The molecule has 1 atom stereocenters. The number of amides is 1. The molecule has 2 saturated heterocycles. The maximum absolute atomic E-state index is 13.7. The molecule has 2 aliphatic rings. The Hall–Kier alpha value is -1.04. The van der Waals surface area contributed by atoms with Crippen LogP contribution in [0.5, 0.6) is 0 Å². The van der Waals surface area contributed by atoms with Gasteiger partial charge in [-0.2, -0.15) is 0 Å². The fourth-order valence-corrected chi connectivity index (χ4v) is 3.05. The minimum absolute atomic E-state index is 0.149. The van der Waals surface area contributed by atoms with Crippen LogP contribution >= 0.6 is 0 Å². The van der Waals surface area contributed by atoms with Crippen LogP contribution in [0.4, 0.5) is 8.78 Å². The SMILES string of the molecule is CC(=O)C1CN(C(=O)C2CCN(C)CC2)CC(F)(F)C1. The van der Waals surface area contributed by atoms with E-state index in [2.05, 4.69) is 4.90 Å². The van der Waals surface area contributed by atoms with Gasteiger partial charge in [-0.05, 0) is 39.9 Å². The lowest BCUT2D eigenvalue weighted by Gasteiger charge is -2.39. The molecule has 4 nitrogen and oxygen atoms in total. The molecular weight excluding hydrogens is 266 g/mol. The first-order valence-electron chi connectivity index (χ1n) is 7.14. The monoisotopic (exact) mass is 288 g/mol. The molecule has 0 spiro atoms. The van der Waals surface area contributed by atoms with Crippen molar-refractivity contribution in [3.8, 4) is 0 Å². The summed E-state index contributed by atoms with van der Waals surface area (Å²) in [6.45, 7) is 2.57. The summed E-state index contributed by atoms with van der Waals surface area (Å²) in [6.07, 6.45) is 0.990. The third kappa shape index (κ3) is 3.53. The smallest absolute Gasteiger partial charge is 0.266 e. The Balaban J connectivity index is 2.03. The van der Waals surface area contributed by atoms with Gasteiger partial charge in [-0.15, -0.1) is 0 Å². The maximum Gasteiger partial charge on any atom is 0.266 e. The summed E-state index contributed by atoms with van der Waals surface area (Å²) < 4.78 is 27.4. The fourth-order valence-electron chi connectivity index (χ4n) is 3.05. The largest absolute Gasteiger partial charge is 0.336 e. The number of piperidine rings is 2. The first-order chi connectivity index (χ1) is 9.28. The molecule has 6 heteroatoms. The molecule has 0 N–H and O–H groups in total. The van der Waals surface area contributed by atoms with Crippen molar-refractivity contribution in [3.63, 3.8) is 0 Å². The van der Waals surface area contributed by atoms with Crippen LogP contribution in [0.1, 0.15) is 26.2 Å². The van der Waals surface area contributed by atoms with E-state index >= 15 is 0 Å². The summed E-state index contributed by atoms with van der Waals surface area (Å²) in [5, 5.41) is 0. The highest BCUT2D eigenvalue weighted by Gasteiger charge is 2.44. The van der Waals surface area contributed by atoms with Crippen LogP contribution in [-0.4, -0.2) is 60.6 Å². The third-order valence-corrected chi connectivity index (χ3v) is 4.36. The normalized spacial score (nSPS) is 28.4. The van der Waals surface area contributed by atoms with E-state index in [1.54, 1.807) is 0 Å². The van der Waals surface area contributed by atoms with Crippen molar-refractivity contribution in [2.24, 2.45) is 11.8 Å². The lowest BCUT2D eigenvalue weighted by atomic mass is 9.89. The van der Waals surface area contributed by atoms with Gasteiger partial charge in [0.1, 0.15) is 5.78 Å². The van der Waals surface area contributed by atoms with E-state index in [0.717, 1.165) is 13.1 Å². The topological polar surface area (TPSA) is 40.6 Å². The predicted octanol–water partition coefficient (Wildman–Crippen LogP) is 1.40. The van der Waals surface area contributed by atoms with E-state index in [0.29, 0.717) is 12.8 Å². The Morgan fingerprint density at radius 1 is 1.15 bits per heavy atom. The Kier molecular flexibility index (Phi) is 4.42. The summed E-state index contributed by atoms with van der Waals surface area (Å²) in [4.78, 5) is 27.1. The molecule has 2 rings (SSSR count). The van der Waals surface area contributed by atoms with Gasteiger partial charge in [-0.25, -0.2) is 8.78 Å². The van der Waals surface area contributed by atoms with Gasteiger partial charge in [-0.1, -0.05) is 0 Å². The summed E-state index contributed by atoms with van der Waals surface area (Å²) in [6, 6.07) is 0. The number of carbonyl (C=O) groups is 2. The van der Waals surface area contributed by atoms with Crippen LogP contribution in [0.25, 0.3) is 0 Å². The van der Waals surface area contributed by atoms with Crippen molar-refractivity contribution in [2.45, 2.75) is 32.1 Å². The zero-order chi connectivity index (χ0) is 14.9. The number of rotatable bonds is 2. The predicted molar refractivity (Wildman–Crippen MR) is 70.5 cm³/mol. The molecule has 1 unspecified atom stereocenters. The van der Waals surface area contributed by atoms with E-state index in [1.165, 1.54) is 11.8 Å². The van der Waals surface area contributed by atoms with E-state index < -0.39 is 24.8 Å².